The number of carboxylic acids is 1. The normalized spacial score (nSPS) is 17.5. The summed E-state index contributed by atoms with van der Waals surface area (Å²) >= 11 is 0. The van der Waals surface area contributed by atoms with E-state index in [1.807, 2.05) is 36.4 Å². The van der Waals surface area contributed by atoms with E-state index in [4.69, 9.17) is 0 Å². The van der Waals surface area contributed by atoms with Gasteiger partial charge in [0.15, 0.2) is 0 Å². The zero-order valence-corrected chi connectivity index (χ0v) is 13.6. The Hall–Kier alpha value is -2.69. The number of pyridine rings is 1. The maximum absolute atomic E-state index is 12.8. The van der Waals surface area contributed by atoms with Crippen LogP contribution in [-0.2, 0) is 4.79 Å². The lowest BCUT2D eigenvalue weighted by Gasteiger charge is -2.33. The largest absolute Gasteiger partial charge is 0.480 e. The molecule has 24 heavy (non-hydrogen) atoms. The standard InChI is InChI=1S/C19H20N2O3/c1-13-15(10-11-16(20-13)14-7-3-2-4-8-14)18(22)21-12-6-5-9-17(21)19(23)24/h2-4,7-8,10-11,17H,5-6,9,12H2,1H3,(H,23,24). The average Bonchev–Trinajstić information content (AvgIpc) is 2.62. The van der Waals surface area contributed by atoms with Crippen molar-refractivity contribution in [3.05, 3.63) is 53.7 Å². The Balaban J connectivity index is 1.89. The van der Waals surface area contributed by atoms with Crippen LogP contribution in [0.15, 0.2) is 42.5 Å². The lowest BCUT2D eigenvalue weighted by atomic mass is 10.00. The van der Waals surface area contributed by atoms with Crippen molar-refractivity contribution < 1.29 is 14.7 Å². The van der Waals surface area contributed by atoms with Crippen LogP contribution in [0, 0.1) is 6.92 Å². The number of hydrogen-bond donors (Lipinski definition) is 1. The molecule has 124 valence electrons. The fourth-order valence-electron chi connectivity index (χ4n) is 3.14. The van der Waals surface area contributed by atoms with E-state index < -0.39 is 12.0 Å². The van der Waals surface area contributed by atoms with E-state index in [1.165, 1.54) is 4.90 Å². The number of aryl methyl sites for hydroxylation is 1. The van der Waals surface area contributed by atoms with E-state index >= 15 is 0 Å². The second kappa shape index (κ2) is 6.83. The number of piperidine rings is 1. The first kappa shape index (κ1) is 16.2. The van der Waals surface area contributed by atoms with Crippen molar-refractivity contribution in [1.29, 1.82) is 0 Å². The van der Waals surface area contributed by atoms with Crippen molar-refractivity contribution >= 4 is 11.9 Å². The number of likely N-dealkylation sites (tertiary alicyclic amines) is 1. The van der Waals surface area contributed by atoms with Gasteiger partial charge in [-0.3, -0.25) is 9.78 Å². The van der Waals surface area contributed by atoms with E-state index in [-0.39, 0.29) is 5.91 Å². The van der Waals surface area contributed by atoms with E-state index in [0.717, 1.165) is 24.1 Å². The smallest absolute Gasteiger partial charge is 0.326 e. The molecule has 1 saturated heterocycles. The molecule has 1 aromatic heterocycles. The third-order valence-electron chi connectivity index (χ3n) is 4.43. The quantitative estimate of drug-likeness (QED) is 0.941. The predicted molar refractivity (Wildman–Crippen MR) is 90.7 cm³/mol. The topological polar surface area (TPSA) is 70.5 Å². The number of benzene rings is 1. The van der Waals surface area contributed by atoms with Crippen LogP contribution in [0.5, 0.6) is 0 Å². The van der Waals surface area contributed by atoms with Gasteiger partial charge in [0, 0.05) is 12.1 Å². The van der Waals surface area contributed by atoms with Gasteiger partial charge >= 0.3 is 5.97 Å². The molecule has 5 heteroatoms. The van der Waals surface area contributed by atoms with Gasteiger partial charge in [-0.1, -0.05) is 30.3 Å². The van der Waals surface area contributed by atoms with Crippen LogP contribution in [0.3, 0.4) is 0 Å². The van der Waals surface area contributed by atoms with Crippen LogP contribution in [0.25, 0.3) is 11.3 Å². The van der Waals surface area contributed by atoms with Crippen molar-refractivity contribution in [2.24, 2.45) is 0 Å². The molecule has 2 aromatic rings. The molecule has 0 aliphatic carbocycles. The molecule has 3 rings (SSSR count). The van der Waals surface area contributed by atoms with Crippen LogP contribution in [0.4, 0.5) is 0 Å². The summed E-state index contributed by atoms with van der Waals surface area (Å²) in [6, 6.07) is 12.6. The van der Waals surface area contributed by atoms with Gasteiger partial charge in [0.2, 0.25) is 0 Å². The van der Waals surface area contributed by atoms with Crippen LogP contribution in [0.2, 0.25) is 0 Å². The zero-order chi connectivity index (χ0) is 17.1. The maximum atomic E-state index is 12.8. The van der Waals surface area contributed by atoms with E-state index in [1.54, 1.807) is 13.0 Å². The second-order valence-corrected chi connectivity index (χ2v) is 6.04. The Morgan fingerprint density at radius 3 is 2.54 bits per heavy atom. The minimum absolute atomic E-state index is 0.244. The molecule has 1 aliphatic heterocycles. The summed E-state index contributed by atoms with van der Waals surface area (Å²) in [6.07, 6.45) is 2.19. The Labute approximate surface area is 140 Å². The molecule has 1 amide bonds. The minimum atomic E-state index is -0.936. The number of aliphatic carboxylic acids is 1. The van der Waals surface area contributed by atoms with Crippen LogP contribution in [-0.4, -0.2) is 39.5 Å². The molecule has 1 atom stereocenters. The average molecular weight is 324 g/mol. The number of rotatable bonds is 3. The molecular formula is C19H20N2O3. The molecule has 0 saturated carbocycles. The summed E-state index contributed by atoms with van der Waals surface area (Å²) in [5, 5.41) is 9.36. The predicted octanol–water partition coefficient (Wildman–Crippen LogP) is 3.14. The Kier molecular flexibility index (Phi) is 4.60. The second-order valence-electron chi connectivity index (χ2n) is 6.04. The molecule has 1 fully saturated rings. The fourth-order valence-corrected chi connectivity index (χ4v) is 3.14. The SMILES string of the molecule is Cc1nc(-c2ccccc2)ccc1C(=O)N1CCCCC1C(=O)O. The first-order chi connectivity index (χ1) is 11.6. The van der Waals surface area contributed by atoms with E-state index in [2.05, 4.69) is 4.98 Å². The van der Waals surface area contributed by atoms with Crippen molar-refractivity contribution in [2.75, 3.05) is 6.54 Å². The van der Waals surface area contributed by atoms with Crippen LogP contribution in [0.1, 0.15) is 35.3 Å². The van der Waals surface area contributed by atoms with Gasteiger partial charge in [-0.2, -0.15) is 0 Å². The molecule has 1 aromatic carbocycles. The lowest BCUT2D eigenvalue weighted by Crippen LogP contribution is -2.48. The van der Waals surface area contributed by atoms with Crippen molar-refractivity contribution in [3.63, 3.8) is 0 Å². The first-order valence-corrected chi connectivity index (χ1v) is 8.15. The maximum Gasteiger partial charge on any atom is 0.326 e. The summed E-state index contributed by atoms with van der Waals surface area (Å²) in [7, 11) is 0. The van der Waals surface area contributed by atoms with Gasteiger partial charge < -0.3 is 10.0 Å². The summed E-state index contributed by atoms with van der Waals surface area (Å²) in [5.74, 6) is -1.18. The highest BCUT2D eigenvalue weighted by Crippen LogP contribution is 2.23. The van der Waals surface area contributed by atoms with Crippen molar-refractivity contribution in [1.82, 2.24) is 9.88 Å². The van der Waals surface area contributed by atoms with Crippen molar-refractivity contribution in [2.45, 2.75) is 32.2 Å². The van der Waals surface area contributed by atoms with Gasteiger partial charge in [0.05, 0.1) is 17.0 Å². The zero-order valence-electron chi connectivity index (χ0n) is 13.6. The van der Waals surface area contributed by atoms with Crippen molar-refractivity contribution in [3.8, 4) is 11.3 Å². The first-order valence-electron chi connectivity index (χ1n) is 8.15. The summed E-state index contributed by atoms with van der Waals surface area (Å²) in [6.45, 7) is 2.27. The van der Waals surface area contributed by atoms with E-state index in [9.17, 15) is 14.7 Å². The Morgan fingerprint density at radius 1 is 1.12 bits per heavy atom. The number of carbonyl (C=O) groups is 2. The van der Waals surface area contributed by atoms with Gasteiger partial charge in [-0.05, 0) is 38.3 Å². The van der Waals surface area contributed by atoms with Gasteiger partial charge in [0.25, 0.3) is 5.91 Å². The van der Waals surface area contributed by atoms with Gasteiger partial charge in [-0.15, -0.1) is 0 Å². The fraction of sp³-hybridized carbons (Fsp3) is 0.316. The molecular weight excluding hydrogens is 304 g/mol. The molecule has 1 aliphatic rings. The number of amides is 1. The highest BCUT2D eigenvalue weighted by molar-refractivity contribution is 5.97. The third-order valence-corrected chi connectivity index (χ3v) is 4.43. The molecule has 0 bridgehead atoms. The minimum Gasteiger partial charge on any atom is -0.480 e. The lowest BCUT2D eigenvalue weighted by molar-refractivity contribution is -0.143. The monoisotopic (exact) mass is 324 g/mol. The number of hydrogen-bond acceptors (Lipinski definition) is 3. The van der Waals surface area contributed by atoms with Crippen LogP contribution < -0.4 is 0 Å². The molecule has 1 N–H and O–H groups in total. The molecule has 0 radical (unpaired) electrons. The molecule has 0 spiro atoms. The number of nitrogens with zero attached hydrogens (tertiary/aromatic N) is 2. The Bertz CT molecular complexity index is 758. The summed E-state index contributed by atoms with van der Waals surface area (Å²) in [4.78, 5) is 30.2. The summed E-state index contributed by atoms with van der Waals surface area (Å²) in [5.41, 5.74) is 2.89. The number of aromatic nitrogens is 1. The number of carboxylic acid groups (broad SMARTS) is 1. The molecule has 1 unspecified atom stereocenters. The molecule has 2 heterocycles. The summed E-state index contributed by atoms with van der Waals surface area (Å²) < 4.78 is 0. The highest BCUT2D eigenvalue weighted by atomic mass is 16.4. The highest BCUT2D eigenvalue weighted by Gasteiger charge is 2.33. The molecule has 5 nitrogen and oxygen atoms in total. The Morgan fingerprint density at radius 2 is 1.88 bits per heavy atom. The van der Waals surface area contributed by atoms with Gasteiger partial charge in [-0.25, -0.2) is 4.79 Å². The number of carbonyl (C=O) groups excluding carboxylic acids is 1. The van der Waals surface area contributed by atoms with Gasteiger partial charge in [0.1, 0.15) is 6.04 Å². The van der Waals surface area contributed by atoms with Crippen LogP contribution >= 0.6 is 0 Å². The van der Waals surface area contributed by atoms with E-state index in [0.29, 0.717) is 24.2 Å². The third kappa shape index (κ3) is 3.15.